The third kappa shape index (κ3) is 4.06. The first kappa shape index (κ1) is 19.6. The summed E-state index contributed by atoms with van der Waals surface area (Å²) >= 11 is 0. The summed E-state index contributed by atoms with van der Waals surface area (Å²) in [4.78, 5) is 38.5. The molecule has 1 heterocycles. The van der Waals surface area contributed by atoms with Crippen molar-refractivity contribution in [1.29, 1.82) is 0 Å². The highest BCUT2D eigenvalue weighted by atomic mass is 16.5. The van der Waals surface area contributed by atoms with Crippen molar-refractivity contribution in [2.75, 3.05) is 19.0 Å². The highest BCUT2D eigenvalue weighted by molar-refractivity contribution is 6.21. The molecular formula is C22H24N2O4. The van der Waals surface area contributed by atoms with Crippen molar-refractivity contribution < 1.29 is 19.1 Å². The van der Waals surface area contributed by atoms with Crippen LogP contribution in [0.5, 0.6) is 5.75 Å². The number of carbonyl (C=O) groups is 3. The van der Waals surface area contributed by atoms with Crippen molar-refractivity contribution in [3.8, 4) is 5.75 Å². The Labute approximate surface area is 164 Å². The molecule has 3 rings (SSSR count). The molecule has 0 spiro atoms. The zero-order valence-electron chi connectivity index (χ0n) is 16.3. The van der Waals surface area contributed by atoms with Gasteiger partial charge in [-0.05, 0) is 42.2 Å². The van der Waals surface area contributed by atoms with Gasteiger partial charge in [-0.1, -0.05) is 32.0 Å². The van der Waals surface area contributed by atoms with E-state index in [9.17, 15) is 14.4 Å². The molecule has 0 saturated carbocycles. The van der Waals surface area contributed by atoms with Crippen LogP contribution in [0.1, 0.15) is 46.5 Å². The molecule has 146 valence electrons. The molecule has 0 unspecified atom stereocenters. The van der Waals surface area contributed by atoms with Crippen LogP contribution in [-0.4, -0.2) is 36.3 Å². The van der Waals surface area contributed by atoms with Gasteiger partial charge in [-0.2, -0.15) is 0 Å². The zero-order chi connectivity index (χ0) is 20.3. The van der Waals surface area contributed by atoms with Gasteiger partial charge in [-0.3, -0.25) is 19.3 Å². The minimum atomic E-state index is -0.307. The Hall–Kier alpha value is -3.15. The maximum absolute atomic E-state index is 12.5. The predicted molar refractivity (Wildman–Crippen MR) is 107 cm³/mol. The van der Waals surface area contributed by atoms with E-state index < -0.39 is 0 Å². The number of methoxy groups -OCH3 is 1. The van der Waals surface area contributed by atoms with Gasteiger partial charge in [0.2, 0.25) is 5.91 Å². The Morgan fingerprint density at radius 1 is 1.07 bits per heavy atom. The van der Waals surface area contributed by atoms with Crippen molar-refractivity contribution in [2.45, 2.75) is 26.7 Å². The average Bonchev–Trinajstić information content (AvgIpc) is 2.90. The van der Waals surface area contributed by atoms with Gasteiger partial charge >= 0.3 is 0 Å². The number of ether oxygens (including phenoxy) is 1. The number of benzene rings is 2. The summed E-state index contributed by atoms with van der Waals surface area (Å²) in [5.74, 6) is 0.196. The quantitative estimate of drug-likeness (QED) is 0.746. The lowest BCUT2D eigenvalue weighted by Gasteiger charge is -2.15. The minimum Gasteiger partial charge on any atom is -0.496 e. The van der Waals surface area contributed by atoms with Gasteiger partial charge in [0.1, 0.15) is 5.75 Å². The summed E-state index contributed by atoms with van der Waals surface area (Å²) in [7, 11) is 1.60. The van der Waals surface area contributed by atoms with E-state index in [4.69, 9.17) is 4.74 Å². The van der Waals surface area contributed by atoms with E-state index in [2.05, 4.69) is 5.32 Å². The number of aryl methyl sites for hydroxylation is 1. The normalized spacial score (nSPS) is 13.1. The summed E-state index contributed by atoms with van der Waals surface area (Å²) in [6.07, 6.45) is 0.824. The number of nitrogens with one attached hydrogen (secondary N) is 1. The smallest absolute Gasteiger partial charge is 0.261 e. The van der Waals surface area contributed by atoms with Crippen molar-refractivity contribution in [1.82, 2.24) is 4.90 Å². The average molecular weight is 380 g/mol. The molecule has 1 aliphatic heterocycles. The third-order valence-electron chi connectivity index (χ3n) is 4.62. The molecule has 6 nitrogen and oxygen atoms in total. The molecule has 2 aromatic rings. The molecule has 0 aromatic heterocycles. The molecule has 0 fully saturated rings. The summed E-state index contributed by atoms with van der Waals surface area (Å²) in [5, 5.41) is 2.81. The van der Waals surface area contributed by atoms with Crippen LogP contribution in [0, 0.1) is 5.92 Å². The summed E-state index contributed by atoms with van der Waals surface area (Å²) in [6, 6.07) is 12.4. The molecule has 1 aliphatic rings. The van der Waals surface area contributed by atoms with E-state index >= 15 is 0 Å². The Morgan fingerprint density at radius 3 is 2.50 bits per heavy atom. The van der Waals surface area contributed by atoms with Crippen molar-refractivity contribution in [2.24, 2.45) is 5.92 Å². The first-order chi connectivity index (χ1) is 13.4. The van der Waals surface area contributed by atoms with E-state index in [-0.39, 0.29) is 30.1 Å². The fourth-order valence-corrected chi connectivity index (χ4v) is 3.28. The summed E-state index contributed by atoms with van der Waals surface area (Å²) in [5.41, 5.74) is 2.20. The Bertz CT molecular complexity index is 921. The van der Waals surface area contributed by atoms with Gasteiger partial charge < -0.3 is 10.1 Å². The predicted octanol–water partition coefficient (Wildman–Crippen LogP) is 3.52. The lowest BCUT2D eigenvalue weighted by molar-refractivity contribution is -0.116. The molecule has 1 N–H and O–H groups in total. The number of imide groups is 1. The molecule has 0 bridgehead atoms. The van der Waals surface area contributed by atoms with Crippen LogP contribution in [0.2, 0.25) is 0 Å². The van der Waals surface area contributed by atoms with Crippen molar-refractivity contribution in [3.05, 3.63) is 59.2 Å². The van der Waals surface area contributed by atoms with Crippen LogP contribution in [0.15, 0.2) is 42.5 Å². The second-order valence-corrected chi connectivity index (χ2v) is 7.24. The molecule has 0 saturated heterocycles. The van der Waals surface area contributed by atoms with Gasteiger partial charge in [-0.25, -0.2) is 0 Å². The monoisotopic (exact) mass is 380 g/mol. The lowest BCUT2D eigenvalue weighted by atomic mass is 10.1. The van der Waals surface area contributed by atoms with Crippen LogP contribution in [-0.2, 0) is 11.2 Å². The second kappa shape index (κ2) is 8.25. The van der Waals surface area contributed by atoms with Crippen molar-refractivity contribution in [3.63, 3.8) is 0 Å². The van der Waals surface area contributed by atoms with E-state index in [1.807, 2.05) is 38.1 Å². The lowest BCUT2D eigenvalue weighted by Crippen LogP contribution is -2.33. The van der Waals surface area contributed by atoms with E-state index in [1.54, 1.807) is 25.3 Å². The first-order valence-electron chi connectivity index (χ1n) is 9.32. The van der Waals surface area contributed by atoms with Crippen LogP contribution in [0.4, 0.5) is 5.69 Å². The third-order valence-corrected chi connectivity index (χ3v) is 4.62. The van der Waals surface area contributed by atoms with Crippen LogP contribution in [0.25, 0.3) is 0 Å². The van der Waals surface area contributed by atoms with Gasteiger partial charge in [0.15, 0.2) is 0 Å². The van der Waals surface area contributed by atoms with Gasteiger partial charge in [0.05, 0.1) is 18.2 Å². The number of carbonyl (C=O) groups excluding carboxylic acids is 3. The molecule has 2 aromatic carbocycles. The molecule has 0 atom stereocenters. The van der Waals surface area contributed by atoms with Gasteiger partial charge in [-0.15, -0.1) is 0 Å². The number of hydrogen-bond donors (Lipinski definition) is 1. The standard InChI is InChI=1S/C22H24N2O4/c1-14(2)13-24-21(26)17-10-9-16(12-18(17)22(24)27)23-20(25)11-8-15-6-4-5-7-19(15)28-3/h4-7,9-10,12,14H,8,11,13H2,1-3H3,(H,23,25). The number of anilines is 1. The topological polar surface area (TPSA) is 75.7 Å². The van der Waals surface area contributed by atoms with E-state index in [0.717, 1.165) is 11.3 Å². The number of para-hydroxylation sites is 1. The largest absolute Gasteiger partial charge is 0.496 e. The first-order valence-corrected chi connectivity index (χ1v) is 9.32. The number of nitrogens with zero attached hydrogens (tertiary/aromatic N) is 1. The van der Waals surface area contributed by atoms with Crippen LogP contribution >= 0.6 is 0 Å². The van der Waals surface area contributed by atoms with Gasteiger partial charge in [0, 0.05) is 18.7 Å². The number of amides is 3. The molecule has 28 heavy (non-hydrogen) atoms. The number of hydrogen-bond acceptors (Lipinski definition) is 4. The van der Waals surface area contributed by atoms with Crippen LogP contribution < -0.4 is 10.1 Å². The molecule has 0 radical (unpaired) electrons. The fraction of sp³-hybridized carbons (Fsp3) is 0.318. The zero-order valence-corrected chi connectivity index (χ0v) is 16.3. The molecule has 0 aliphatic carbocycles. The highest BCUT2D eigenvalue weighted by Crippen LogP contribution is 2.27. The Morgan fingerprint density at radius 2 is 1.79 bits per heavy atom. The van der Waals surface area contributed by atoms with Crippen LogP contribution in [0.3, 0.4) is 0 Å². The minimum absolute atomic E-state index is 0.165. The maximum atomic E-state index is 12.5. The van der Waals surface area contributed by atoms with E-state index in [0.29, 0.717) is 29.8 Å². The molecule has 6 heteroatoms. The summed E-state index contributed by atoms with van der Waals surface area (Å²) in [6.45, 7) is 4.29. The fourth-order valence-electron chi connectivity index (χ4n) is 3.28. The highest BCUT2D eigenvalue weighted by Gasteiger charge is 2.35. The second-order valence-electron chi connectivity index (χ2n) is 7.24. The molecule has 3 amide bonds. The Balaban J connectivity index is 1.66. The Kier molecular flexibility index (Phi) is 5.78. The SMILES string of the molecule is COc1ccccc1CCC(=O)Nc1ccc2c(c1)C(=O)N(CC(C)C)C2=O. The number of rotatable bonds is 7. The summed E-state index contributed by atoms with van der Waals surface area (Å²) < 4.78 is 5.30. The maximum Gasteiger partial charge on any atom is 0.261 e. The van der Waals surface area contributed by atoms with Crippen molar-refractivity contribution >= 4 is 23.4 Å². The number of fused-ring (bicyclic) bond motifs is 1. The van der Waals surface area contributed by atoms with E-state index in [1.165, 1.54) is 4.90 Å². The molecular weight excluding hydrogens is 356 g/mol. The van der Waals surface area contributed by atoms with Gasteiger partial charge in [0.25, 0.3) is 11.8 Å².